The van der Waals surface area contributed by atoms with Crippen LogP contribution in [0.3, 0.4) is 0 Å². The summed E-state index contributed by atoms with van der Waals surface area (Å²) in [5, 5.41) is 3.05. The molecular formula is C31H38N2O3. The number of nitrogens with one attached hydrogen (secondary N) is 1. The van der Waals surface area contributed by atoms with E-state index in [1.54, 1.807) is 4.90 Å². The molecule has 2 amide bonds. The Bertz CT molecular complexity index is 1110. The van der Waals surface area contributed by atoms with Crippen LogP contribution in [-0.2, 0) is 29.0 Å². The minimum absolute atomic E-state index is 0.139. The summed E-state index contributed by atoms with van der Waals surface area (Å²) in [6.07, 6.45) is 1.36. The van der Waals surface area contributed by atoms with Crippen molar-refractivity contribution in [3.63, 3.8) is 0 Å². The lowest BCUT2D eigenvalue weighted by Gasteiger charge is -2.31. The van der Waals surface area contributed by atoms with Gasteiger partial charge in [-0.15, -0.1) is 0 Å². The summed E-state index contributed by atoms with van der Waals surface area (Å²) in [6, 6.07) is 25.0. The maximum Gasteiger partial charge on any atom is 0.261 e. The molecule has 0 fully saturated rings. The summed E-state index contributed by atoms with van der Waals surface area (Å²) in [7, 11) is 0. The monoisotopic (exact) mass is 486 g/mol. The highest BCUT2D eigenvalue weighted by atomic mass is 16.5. The van der Waals surface area contributed by atoms with Gasteiger partial charge >= 0.3 is 0 Å². The third kappa shape index (κ3) is 8.26. The summed E-state index contributed by atoms with van der Waals surface area (Å²) in [5.41, 5.74) is 4.29. The minimum Gasteiger partial charge on any atom is -0.484 e. The molecule has 0 aromatic heterocycles. The zero-order chi connectivity index (χ0) is 25.9. The van der Waals surface area contributed by atoms with Crippen LogP contribution in [0.1, 0.15) is 43.0 Å². The van der Waals surface area contributed by atoms with Crippen LogP contribution in [0, 0.1) is 12.8 Å². The van der Waals surface area contributed by atoms with E-state index in [9.17, 15) is 9.59 Å². The number of benzene rings is 3. The van der Waals surface area contributed by atoms with Crippen LogP contribution in [0.5, 0.6) is 5.75 Å². The average Bonchev–Trinajstić information content (AvgIpc) is 2.88. The molecule has 1 N–H and O–H groups in total. The second kappa shape index (κ2) is 13.5. The smallest absolute Gasteiger partial charge is 0.261 e. The molecule has 0 aliphatic rings. The van der Waals surface area contributed by atoms with Crippen LogP contribution in [0.25, 0.3) is 0 Å². The third-order valence-corrected chi connectivity index (χ3v) is 6.08. The Labute approximate surface area is 215 Å². The van der Waals surface area contributed by atoms with Gasteiger partial charge < -0.3 is 15.0 Å². The number of hydrogen-bond acceptors (Lipinski definition) is 3. The van der Waals surface area contributed by atoms with Crippen molar-refractivity contribution in [1.29, 1.82) is 0 Å². The van der Waals surface area contributed by atoms with Gasteiger partial charge in [0.05, 0.1) is 0 Å². The van der Waals surface area contributed by atoms with E-state index in [0.29, 0.717) is 31.2 Å². The van der Waals surface area contributed by atoms with Gasteiger partial charge in [-0.05, 0) is 48.1 Å². The maximum absolute atomic E-state index is 13.6. The van der Waals surface area contributed by atoms with E-state index in [1.807, 2.05) is 79.7 Å². The molecule has 0 aliphatic carbocycles. The Balaban J connectivity index is 1.88. The van der Waals surface area contributed by atoms with Crippen LogP contribution >= 0.6 is 0 Å². The lowest BCUT2D eigenvalue weighted by molar-refractivity contribution is -0.142. The molecule has 36 heavy (non-hydrogen) atoms. The number of carbonyl (C=O) groups excluding carboxylic acids is 2. The van der Waals surface area contributed by atoms with Crippen molar-refractivity contribution in [3.8, 4) is 5.75 Å². The molecule has 0 bridgehead atoms. The van der Waals surface area contributed by atoms with Crippen molar-refractivity contribution in [1.82, 2.24) is 10.2 Å². The van der Waals surface area contributed by atoms with Crippen LogP contribution in [-0.4, -0.2) is 35.9 Å². The van der Waals surface area contributed by atoms with Gasteiger partial charge in [-0.1, -0.05) is 93.1 Å². The van der Waals surface area contributed by atoms with E-state index in [0.717, 1.165) is 23.1 Å². The number of carbonyl (C=O) groups is 2. The topological polar surface area (TPSA) is 58.6 Å². The zero-order valence-corrected chi connectivity index (χ0v) is 21.9. The fraction of sp³-hybridized carbons (Fsp3) is 0.355. The standard InChI is InChI=1S/C31H38N2O3/c1-5-25-14-16-28(17-15-25)36-22-30(34)33(21-27-13-9-10-24(4)18-27)29(31(35)32-20-23(2)3)19-26-11-7-6-8-12-26/h6-18,23,29H,5,19-22H2,1-4H3,(H,32,35)/t29-/m1/s1. The first kappa shape index (κ1) is 27.0. The van der Waals surface area contributed by atoms with Gasteiger partial charge in [-0.25, -0.2) is 0 Å². The van der Waals surface area contributed by atoms with Crippen molar-refractivity contribution in [2.75, 3.05) is 13.2 Å². The first-order valence-corrected chi connectivity index (χ1v) is 12.7. The van der Waals surface area contributed by atoms with Crippen molar-refractivity contribution < 1.29 is 14.3 Å². The molecule has 0 heterocycles. The van der Waals surface area contributed by atoms with E-state index >= 15 is 0 Å². The SMILES string of the molecule is CCc1ccc(OCC(=O)N(Cc2cccc(C)c2)[C@H](Cc2ccccc2)C(=O)NCC(C)C)cc1. The Morgan fingerprint density at radius 1 is 0.889 bits per heavy atom. The number of aryl methyl sites for hydroxylation is 2. The Kier molecular flexibility index (Phi) is 10.1. The first-order valence-electron chi connectivity index (χ1n) is 12.7. The lowest BCUT2D eigenvalue weighted by Crippen LogP contribution is -2.52. The van der Waals surface area contributed by atoms with Crippen molar-refractivity contribution >= 4 is 11.8 Å². The van der Waals surface area contributed by atoms with E-state index in [1.165, 1.54) is 5.56 Å². The highest BCUT2D eigenvalue weighted by Crippen LogP contribution is 2.17. The van der Waals surface area contributed by atoms with E-state index in [-0.39, 0.29) is 18.4 Å². The van der Waals surface area contributed by atoms with Crippen LogP contribution in [0.2, 0.25) is 0 Å². The second-order valence-electron chi connectivity index (χ2n) is 9.64. The molecule has 5 nitrogen and oxygen atoms in total. The normalized spacial score (nSPS) is 11.7. The lowest BCUT2D eigenvalue weighted by atomic mass is 10.0. The molecule has 0 spiro atoms. The van der Waals surface area contributed by atoms with Crippen LogP contribution in [0.15, 0.2) is 78.9 Å². The van der Waals surface area contributed by atoms with E-state index in [2.05, 4.69) is 32.2 Å². The van der Waals surface area contributed by atoms with Crippen LogP contribution < -0.4 is 10.1 Å². The molecule has 3 aromatic carbocycles. The van der Waals surface area contributed by atoms with Gasteiger partial charge in [-0.3, -0.25) is 9.59 Å². The number of ether oxygens (including phenoxy) is 1. The van der Waals surface area contributed by atoms with Crippen molar-refractivity contribution in [3.05, 3.63) is 101 Å². The predicted molar refractivity (Wildman–Crippen MR) is 145 cm³/mol. The summed E-state index contributed by atoms with van der Waals surface area (Å²) in [6.45, 7) is 8.97. The first-order chi connectivity index (χ1) is 17.4. The van der Waals surface area contributed by atoms with Crippen LogP contribution in [0.4, 0.5) is 0 Å². The van der Waals surface area contributed by atoms with Gasteiger partial charge in [0.25, 0.3) is 5.91 Å². The van der Waals surface area contributed by atoms with E-state index < -0.39 is 6.04 Å². The fourth-order valence-electron chi connectivity index (χ4n) is 4.03. The highest BCUT2D eigenvalue weighted by molar-refractivity contribution is 5.88. The molecule has 190 valence electrons. The Morgan fingerprint density at radius 3 is 2.22 bits per heavy atom. The molecule has 0 radical (unpaired) electrons. The quantitative estimate of drug-likeness (QED) is 0.376. The van der Waals surface area contributed by atoms with Gasteiger partial charge in [-0.2, -0.15) is 0 Å². The minimum atomic E-state index is -0.662. The number of hydrogen-bond donors (Lipinski definition) is 1. The fourth-order valence-corrected chi connectivity index (χ4v) is 4.03. The van der Waals surface area contributed by atoms with Gasteiger partial charge in [0.1, 0.15) is 11.8 Å². The molecular weight excluding hydrogens is 448 g/mol. The largest absolute Gasteiger partial charge is 0.484 e. The molecule has 1 atom stereocenters. The molecule has 3 aromatic rings. The molecule has 5 heteroatoms. The number of nitrogens with zero attached hydrogens (tertiary/aromatic N) is 1. The molecule has 0 aliphatic heterocycles. The second-order valence-corrected chi connectivity index (χ2v) is 9.64. The average molecular weight is 487 g/mol. The third-order valence-electron chi connectivity index (χ3n) is 6.08. The number of rotatable bonds is 12. The van der Waals surface area contributed by atoms with E-state index in [4.69, 9.17) is 4.74 Å². The van der Waals surface area contributed by atoms with Crippen molar-refractivity contribution in [2.45, 2.75) is 53.1 Å². The summed E-state index contributed by atoms with van der Waals surface area (Å²) in [4.78, 5) is 28.7. The maximum atomic E-state index is 13.6. The molecule has 0 saturated carbocycles. The summed E-state index contributed by atoms with van der Waals surface area (Å²) in [5.74, 6) is 0.569. The van der Waals surface area contributed by atoms with Gasteiger partial charge in [0, 0.05) is 19.5 Å². The predicted octanol–water partition coefficient (Wildman–Crippen LogP) is 5.35. The van der Waals surface area contributed by atoms with Gasteiger partial charge in [0.15, 0.2) is 6.61 Å². The molecule has 0 unspecified atom stereocenters. The summed E-state index contributed by atoms with van der Waals surface area (Å²) < 4.78 is 5.87. The Morgan fingerprint density at radius 2 is 1.58 bits per heavy atom. The highest BCUT2D eigenvalue weighted by Gasteiger charge is 2.30. The number of amides is 2. The summed E-state index contributed by atoms with van der Waals surface area (Å²) >= 11 is 0. The Hall–Kier alpha value is -3.60. The van der Waals surface area contributed by atoms with Crippen molar-refractivity contribution in [2.24, 2.45) is 5.92 Å². The molecule has 3 rings (SSSR count). The van der Waals surface area contributed by atoms with Gasteiger partial charge in [0.2, 0.25) is 5.91 Å². The molecule has 0 saturated heterocycles. The zero-order valence-electron chi connectivity index (χ0n) is 21.9.